The fourth-order valence-corrected chi connectivity index (χ4v) is 5.16. The highest BCUT2D eigenvalue weighted by Gasteiger charge is 2.43. The van der Waals surface area contributed by atoms with Crippen LogP contribution in [-0.2, 0) is 6.42 Å². The Morgan fingerprint density at radius 3 is 2.23 bits per heavy atom. The van der Waals surface area contributed by atoms with Crippen molar-refractivity contribution in [3.8, 4) is 0 Å². The molecule has 1 saturated carbocycles. The lowest BCUT2D eigenvalue weighted by molar-refractivity contribution is 0.193. The molecule has 0 spiro atoms. The van der Waals surface area contributed by atoms with Crippen molar-refractivity contribution in [1.82, 2.24) is 0 Å². The molecule has 4 rings (SSSR count). The van der Waals surface area contributed by atoms with Gasteiger partial charge in [0.05, 0.1) is 0 Å². The summed E-state index contributed by atoms with van der Waals surface area (Å²) in [4.78, 5) is 0. The molecule has 4 atom stereocenters. The number of allylic oxidation sites excluding steroid dienone is 1. The standard InChI is InChI=1S/C22H20F4/c1-2-12-3-4-17-19(22(12)13-7-14(23)9-15(24)8-13)6-5-18-20(17)10-16(25)11-21(18)26/h2,7-12,17,19,22H,1,3-6H2. The van der Waals surface area contributed by atoms with Gasteiger partial charge in [0, 0.05) is 12.1 Å². The first-order chi connectivity index (χ1) is 12.5. The molecule has 136 valence electrons. The highest BCUT2D eigenvalue weighted by Crippen LogP contribution is 2.54. The van der Waals surface area contributed by atoms with Crippen LogP contribution in [0.5, 0.6) is 0 Å². The van der Waals surface area contributed by atoms with Gasteiger partial charge in [0.15, 0.2) is 0 Å². The highest BCUT2D eigenvalue weighted by molar-refractivity contribution is 5.38. The number of fused-ring (bicyclic) bond motifs is 3. The first-order valence-corrected chi connectivity index (χ1v) is 9.04. The van der Waals surface area contributed by atoms with E-state index in [2.05, 4.69) is 6.58 Å². The van der Waals surface area contributed by atoms with Crippen LogP contribution in [0.3, 0.4) is 0 Å². The van der Waals surface area contributed by atoms with Crippen LogP contribution in [0.2, 0.25) is 0 Å². The van der Waals surface area contributed by atoms with E-state index in [-0.39, 0.29) is 23.7 Å². The maximum atomic E-state index is 14.2. The van der Waals surface area contributed by atoms with Gasteiger partial charge in [0.1, 0.15) is 23.3 Å². The highest BCUT2D eigenvalue weighted by atomic mass is 19.1. The van der Waals surface area contributed by atoms with Crippen LogP contribution in [0.25, 0.3) is 0 Å². The molecule has 0 aliphatic heterocycles. The third kappa shape index (κ3) is 2.85. The molecule has 0 N–H and O–H groups in total. The molecule has 0 bridgehead atoms. The van der Waals surface area contributed by atoms with E-state index in [9.17, 15) is 17.6 Å². The fourth-order valence-electron chi connectivity index (χ4n) is 5.16. The van der Waals surface area contributed by atoms with Crippen molar-refractivity contribution in [3.05, 3.63) is 82.9 Å². The quantitative estimate of drug-likeness (QED) is 0.437. The van der Waals surface area contributed by atoms with Gasteiger partial charge in [0.25, 0.3) is 0 Å². The monoisotopic (exact) mass is 360 g/mol. The summed E-state index contributed by atoms with van der Waals surface area (Å²) in [6.07, 6.45) is 4.66. The third-order valence-corrected chi connectivity index (χ3v) is 6.14. The molecule has 2 aliphatic carbocycles. The lowest BCUT2D eigenvalue weighted by atomic mass is 9.58. The van der Waals surface area contributed by atoms with E-state index in [1.807, 2.05) is 6.08 Å². The summed E-state index contributed by atoms with van der Waals surface area (Å²) in [5, 5.41) is 0. The molecule has 0 nitrogen and oxygen atoms in total. The zero-order chi connectivity index (χ0) is 18.4. The number of hydrogen-bond donors (Lipinski definition) is 0. The van der Waals surface area contributed by atoms with Gasteiger partial charge < -0.3 is 0 Å². The van der Waals surface area contributed by atoms with Gasteiger partial charge in [-0.3, -0.25) is 0 Å². The number of halogens is 4. The zero-order valence-corrected chi connectivity index (χ0v) is 14.3. The Morgan fingerprint density at radius 2 is 1.54 bits per heavy atom. The molecular weight excluding hydrogens is 340 g/mol. The van der Waals surface area contributed by atoms with Crippen LogP contribution >= 0.6 is 0 Å². The van der Waals surface area contributed by atoms with Crippen molar-refractivity contribution >= 4 is 0 Å². The second kappa shape index (κ2) is 6.57. The van der Waals surface area contributed by atoms with Crippen molar-refractivity contribution < 1.29 is 17.6 Å². The predicted molar refractivity (Wildman–Crippen MR) is 92.9 cm³/mol. The second-order valence-corrected chi connectivity index (χ2v) is 7.47. The van der Waals surface area contributed by atoms with Crippen LogP contribution in [0, 0.1) is 35.1 Å². The molecule has 0 radical (unpaired) electrons. The summed E-state index contributed by atoms with van der Waals surface area (Å²) in [5.74, 6) is -2.18. The second-order valence-electron chi connectivity index (χ2n) is 7.47. The minimum atomic E-state index is -0.599. The summed E-state index contributed by atoms with van der Waals surface area (Å²) in [6, 6.07) is 6.01. The Bertz CT molecular complexity index is 837. The van der Waals surface area contributed by atoms with Gasteiger partial charge in [-0.25, -0.2) is 17.6 Å². The zero-order valence-electron chi connectivity index (χ0n) is 14.3. The Kier molecular flexibility index (Phi) is 4.37. The fraction of sp³-hybridized carbons (Fsp3) is 0.364. The first kappa shape index (κ1) is 17.3. The van der Waals surface area contributed by atoms with E-state index >= 15 is 0 Å². The summed E-state index contributed by atoms with van der Waals surface area (Å²) in [7, 11) is 0. The van der Waals surface area contributed by atoms with Crippen LogP contribution in [-0.4, -0.2) is 0 Å². The van der Waals surface area contributed by atoms with Crippen molar-refractivity contribution in [2.45, 2.75) is 37.5 Å². The molecule has 2 aliphatic rings. The average molecular weight is 360 g/mol. The van der Waals surface area contributed by atoms with Crippen molar-refractivity contribution in [2.75, 3.05) is 0 Å². The Labute approximate surface area is 150 Å². The smallest absolute Gasteiger partial charge is 0.129 e. The molecule has 2 aromatic rings. The number of hydrogen-bond acceptors (Lipinski definition) is 0. The van der Waals surface area contributed by atoms with Crippen LogP contribution in [0.1, 0.15) is 47.8 Å². The Hall–Kier alpha value is -2.10. The molecule has 0 heterocycles. The average Bonchev–Trinajstić information content (AvgIpc) is 2.59. The SMILES string of the molecule is C=CC1CCC2c3cc(F)cc(F)c3CCC2C1c1cc(F)cc(F)c1. The van der Waals surface area contributed by atoms with Gasteiger partial charge >= 0.3 is 0 Å². The van der Waals surface area contributed by atoms with E-state index in [0.29, 0.717) is 24.0 Å². The predicted octanol–water partition coefficient (Wildman–Crippen LogP) is 6.27. The molecule has 0 aromatic heterocycles. The minimum Gasteiger partial charge on any atom is -0.207 e. The van der Waals surface area contributed by atoms with E-state index in [1.54, 1.807) is 0 Å². The van der Waals surface area contributed by atoms with Gasteiger partial charge in [-0.15, -0.1) is 6.58 Å². The first-order valence-electron chi connectivity index (χ1n) is 9.04. The van der Waals surface area contributed by atoms with E-state index in [1.165, 1.54) is 18.2 Å². The van der Waals surface area contributed by atoms with Crippen LogP contribution in [0.15, 0.2) is 43.0 Å². The summed E-state index contributed by atoms with van der Waals surface area (Å²) in [5.41, 5.74) is 1.93. The van der Waals surface area contributed by atoms with E-state index in [0.717, 1.165) is 30.5 Å². The molecule has 1 fully saturated rings. The van der Waals surface area contributed by atoms with E-state index < -0.39 is 23.3 Å². The summed E-state index contributed by atoms with van der Waals surface area (Å²) in [6.45, 7) is 3.91. The molecule has 0 saturated heterocycles. The van der Waals surface area contributed by atoms with Crippen molar-refractivity contribution in [2.24, 2.45) is 11.8 Å². The van der Waals surface area contributed by atoms with Crippen LogP contribution in [0.4, 0.5) is 17.6 Å². The molecule has 4 unspecified atom stereocenters. The normalized spacial score (nSPS) is 27.5. The number of benzene rings is 2. The summed E-state index contributed by atoms with van der Waals surface area (Å²) >= 11 is 0. The molecule has 26 heavy (non-hydrogen) atoms. The van der Waals surface area contributed by atoms with Gasteiger partial charge in [0.2, 0.25) is 0 Å². The molecular formula is C22H20F4. The van der Waals surface area contributed by atoms with E-state index in [4.69, 9.17) is 0 Å². The third-order valence-electron chi connectivity index (χ3n) is 6.14. The maximum Gasteiger partial charge on any atom is 0.129 e. The van der Waals surface area contributed by atoms with Gasteiger partial charge in [-0.1, -0.05) is 6.08 Å². The topological polar surface area (TPSA) is 0 Å². The maximum absolute atomic E-state index is 14.2. The summed E-state index contributed by atoms with van der Waals surface area (Å²) < 4.78 is 55.7. The van der Waals surface area contributed by atoms with Crippen LogP contribution < -0.4 is 0 Å². The number of rotatable bonds is 2. The lowest BCUT2D eigenvalue weighted by Crippen LogP contribution is -2.35. The van der Waals surface area contributed by atoms with Crippen molar-refractivity contribution in [1.29, 1.82) is 0 Å². The lowest BCUT2D eigenvalue weighted by Gasteiger charge is -2.46. The molecule has 2 aromatic carbocycles. The minimum absolute atomic E-state index is 0.00326. The molecule has 4 heteroatoms. The van der Waals surface area contributed by atoms with Crippen molar-refractivity contribution in [3.63, 3.8) is 0 Å². The Balaban J connectivity index is 1.80. The largest absolute Gasteiger partial charge is 0.207 e. The van der Waals surface area contributed by atoms with Gasteiger partial charge in [-0.05, 0) is 84.2 Å². The van der Waals surface area contributed by atoms with Gasteiger partial charge in [-0.2, -0.15) is 0 Å². The Morgan fingerprint density at radius 1 is 0.846 bits per heavy atom. The molecule has 0 amide bonds.